The number of anilines is 1. The Labute approximate surface area is 125 Å². The van der Waals surface area contributed by atoms with E-state index in [1.807, 2.05) is 19.1 Å². The van der Waals surface area contributed by atoms with Crippen molar-refractivity contribution in [2.75, 3.05) is 11.9 Å². The molecule has 0 amide bonds. The number of furan rings is 1. The van der Waals surface area contributed by atoms with Gasteiger partial charge in [0.2, 0.25) is 10.0 Å². The highest BCUT2D eigenvalue weighted by molar-refractivity contribution is 7.89. The van der Waals surface area contributed by atoms with E-state index in [2.05, 4.69) is 10.0 Å². The minimum atomic E-state index is -3.39. The normalized spacial score (nSPS) is 13.0. The Kier molecular flexibility index (Phi) is 5.03. The summed E-state index contributed by atoms with van der Waals surface area (Å²) in [5.74, 6) is 0.918. The summed E-state index contributed by atoms with van der Waals surface area (Å²) in [6, 6.07) is 10.7. The van der Waals surface area contributed by atoms with Crippen LogP contribution in [0.3, 0.4) is 0 Å². The predicted molar refractivity (Wildman–Crippen MR) is 82.8 cm³/mol. The fraction of sp³-hybridized carbons (Fsp3) is 0.333. The van der Waals surface area contributed by atoms with Crippen LogP contribution in [-0.4, -0.2) is 21.0 Å². The maximum absolute atomic E-state index is 11.8. The van der Waals surface area contributed by atoms with Crippen LogP contribution in [0.4, 0.5) is 5.69 Å². The Balaban J connectivity index is 1.99. The van der Waals surface area contributed by atoms with Gasteiger partial charge in [0.05, 0.1) is 11.2 Å². The minimum absolute atomic E-state index is 0.187. The number of hydrogen-bond donors (Lipinski definition) is 2. The molecule has 1 aromatic carbocycles. The number of rotatable bonds is 7. The molecule has 114 valence electrons. The number of nitrogens with one attached hydrogen (secondary N) is 2. The summed E-state index contributed by atoms with van der Waals surface area (Å²) >= 11 is 0. The second kappa shape index (κ2) is 6.78. The van der Waals surface area contributed by atoms with Crippen LogP contribution in [0.5, 0.6) is 0 Å². The second-order valence-electron chi connectivity index (χ2n) is 4.85. The van der Waals surface area contributed by atoms with Gasteiger partial charge in [0.15, 0.2) is 0 Å². The first-order valence-corrected chi connectivity index (χ1v) is 8.38. The van der Waals surface area contributed by atoms with Gasteiger partial charge in [-0.3, -0.25) is 0 Å². The fourth-order valence-corrected chi connectivity index (χ4v) is 3.11. The third-order valence-electron chi connectivity index (χ3n) is 3.00. The lowest BCUT2D eigenvalue weighted by Crippen LogP contribution is -2.23. The van der Waals surface area contributed by atoms with Gasteiger partial charge < -0.3 is 9.73 Å². The van der Waals surface area contributed by atoms with E-state index in [4.69, 9.17) is 4.42 Å². The molecule has 0 radical (unpaired) electrons. The minimum Gasteiger partial charge on any atom is -0.469 e. The molecule has 0 saturated heterocycles. The molecule has 6 heteroatoms. The molecule has 1 atom stereocenters. The van der Waals surface area contributed by atoms with Crippen LogP contribution in [0.1, 0.15) is 19.6 Å². The Hall–Kier alpha value is -1.79. The molecule has 2 aromatic rings. The summed E-state index contributed by atoms with van der Waals surface area (Å²) in [6.07, 6.45) is 2.42. The van der Waals surface area contributed by atoms with Crippen LogP contribution in [0, 0.1) is 0 Å². The molecule has 0 saturated carbocycles. The molecular formula is C15H20N2O3S. The number of hydrogen-bond acceptors (Lipinski definition) is 4. The zero-order valence-corrected chi connectivity index (χ0v) is 13.0. The molecule has 0 bridgehead atoms. The first-order valence-electron chi connectivity index (χ1n) is 6.90. The molecule has 0 aliphatic heterocycles. The van der Waals surface area contributed by atoms with E-state index >= 15 is 0 Å². The van der Waals surface area contributed by atoms with Crippen LogP contribution in [-0.2, 0) is 16.4 Å². The summed E-state index contributed by atoms with van der Waals surface area (Å²) in [7, 11) is -3.39. The van der Waals surface area contributed by atoms with Crippen molar-refractivity contribution in [2.45, 2.75) is 31.2 Å². The highest BCUT2D eigenvalue weighted by Gasteiger charge is 2.12. The maximum Gasteiger partial charge on any atom is 0.240 e. The molecule has 21 heavy (non-hydrogen) atoms. The Morgan fingerprint density at radius 3 is 2.48 bits per heavy atom. The molecule has 0 aliphatic carbocycles. The van der Waals surface area contributed by atoms with Gasteiger partial charge in [-0.1, -0.05) is 6.92 Å². The highest BCUT2D eigenvalue weighted by Crippen LogP contribution is 2.16. The van der Waals surface area contributed by atoms with E-state index in [-0.39, 0.29) is 10.9 Å². The van der Waals surface area contributed by atoms with Crippen molar-refractivity contribution in [1.82, 2.24) is 4.72 Å². The molecule has 1 aromatic heterocycles. The molecule has 0 spiro atoms. The first-order chi connectivity index (χ1) is 10.0. The van der Waals surface area contributed by atoms with Crippen LogP contribution < -0.4 is 10.0 Å². The summed E-state index contributed by atoms with van der Waals surface area (Å²) in [5.41, 5.74) is 0.879. The number of benzene rings is 1. The molecule has 1 unspecified atom stereocenters. The van der Waals surface area contributed by atoms with E-state index in [0.717, 1.165) is 17.9 Å². The van der Waals surface area contributed by atoms with Gasteiger partial charge in [-0.15, -0.1) is 0 Å². The van der Waals surface area contributed by atoms with Crippen LogP contribution in [0.2, 0.25) is 0 Å². The average molecular weight is 308 g/mol. The Morgan fingerprint density at radius 1 is 1.19 bits per heavy atom. The van der Waals surface area contributed by atoms with E-state index in [0.29, 0.717) is 6.54 Å². The topological polar surface area (TPSA) is 71.3 Å². The number of sulfonamides is 1. The van der Waals surface area contributed by atoms with Crippen molar-refractivity contribution in [1.29, 1.82) is 0 Å². The Morgan fingerprint density at radius 2 is 1.90 bits per heavy atom. The summed E-state index contributed by atoms with van der Waals surface area (Å²) in [5, 5.41) is 3.32. The van der Waals surface area contributed by atoms with Gasteiger partial charge in [-0.05, 0) is 43.3 Å². The van der Waals surface area contributed by atoms with Crippen LogP contribution in [0.15, 0.2) is 52.0 Å². The molecule has 1 heterocycles. The van der Waals surface area contributed by atoms with Gasteiger partial charge >= 0.3 is 0 Å². The summed E-state index contributed by atoms with van der Waals surface area (Å²) < 4.78 is 31.4. The lowest BCUT2D eigenvalue weighted by Gasteiger charge is -2.14. The third-order valence-corrected chi connectivity index (χ3v) is 4.56. The fourth-order valence-electron chi connectivity index (χ4n) is 2.07. The van der Waals surface area contributed by atoms with Crippen LogP contribution in [0.25, 0.3) is 0 Å². The first kappa shape index (κ1) is 15.6. The zero-order valence-electron chi connectivity index (χ0n) is 12.2. The predicted octanol–water partition coefficient (Wildman–Crippen LogP) is 2.62. The van der Waals surface area contributed by atoms with Gasteiger partial charge in [-0.2, -0.15) is 0 Å². The second-order valence-corrected chi connectivity index (χ2v) is 6.62. The van der Waals surface area contributed by atoms with E-state index in [1.54, 1.807) is 37.5 Å². The summed E-state index contributed by atoms with van der Waals surface area (Å²) in [6.45, 7) is 4.18. The average Bonchev–Trinajstić information content (AvgIpc) is 2.92. The van der Waals surface area contributed by atoms with Crippen molar-refractivity contribution >= 4 is 15.7 Å². The quantitative estimate of drug-likeness (QED) is 0.825. The lowest BCUT2D eigenvalue weighted by atomic mass is 10.2. The largest absolute Gasteiger partial charge is 0.469 e. The monoisotopic (exact) mass is 308 g/mol. The van der Waals surface area contributed by atoms with Crippen molar-refractivity contribution in [3.8, 4) is 0 Å². The third kappa shape index (κ3) is 4.34. The molecule has 0 fully saturated rings. The smallest absolute Gasteiger partial charge is 0.240 e. The molecule has 2 rings (SSSR count). The van der Waals surface area contributed by atoms with Crippen molar-refractivity contribution < 1.29 is 12.8 Å². The van der Waals surface area contributed by atoms with E-state index in [9.17, 15) is 8.42 Å². The van der Waals surface area contributed by atoms with Gasteiger partial charge in [-0.25, -0.2) is 13.1 Å². The van der Waals surface area contributed by atoms with E-state index < -0.39 is 10.0 Å². The summed E-state index contributed by atoms with van der Waals surface area (Å²) in [4.78, 5) is 0.272. The van der Waals surface area contributed by atoms with Crippen molar-refractivity contribution in [2.24, 2.45) is 0 Å². The van der Waals surface area contributed by atoms with Crippen molar-refractivity contribution in [3.05, 3.63) is 48.4 Å². The standard InChI is InChI=1S/C15H20N2O3S/c1-3-16-21(18,19)15-8-6-13(7-9-15)17-12(2)11-14-5-4-10-20-14/h4-10,12,16-17H,3,11H2,1-2H3. The molecule has 0 aliphatic rings. The Bertz CT molecular complexity index is 649. The lowest BCUT2D eigenvalue weighted by molar-refractivity contribution is 0.498. The van der Waals surface area contributed by atoms with Gasteiger partial charge in [0, 0.05) is 24.7 Å². The van der Waals surface area contributed by atoms with Gasteiger partial charge in [0.1, 0.15) is 5.76 Å². The van der Waals surface area contributed by atoms with Crippen molar-refractivity contribution in [3.63, 3.8) is 0 Å². The highest BCUT2D eigenvalue weighted by atomic mass is 32.2. The molecule has 5 nitrogen and oxygen atoms in total. The zero-order chi connectivity index (χ0) is 15.3. The maximum atomic E-state index is 11.8. The SMILES string of the molecule is CCNS(=O)(=O)c1ccc(NC(C)Cc2ccco2)cc1. The van der Waals surface area contributed by atoms with Gasteiger partial charge in [0.25, 0.3) is 0 Å². The molecular weight excluding hydrogens is 288 g/mol. The molecule has 2 N–H and O–H groups in total. The van der Waals surface area contributed by atoms with E-state index in [1.165, 1.54) is 0 Å². The van der Waals surface area contributed by atoms with Crippen LogP contribution >= 0.6 is 0 Å².